The monoisotopic (exact) mass is 634 g/mol. The van der Waals surface area contributed by atoms with E-state index in [1.54, 1.807) is 18.2 Å². The standard InChI is InChI=1S/C26H30N6O7S3/c1-4-17-6-7-20-18(11-17)12-23(28-20)42(37,38)31-8-9-32(19(14-31)15-41(35,36)30-26(34)39-5-2)25(33)24-29-21-10-16(3)27-13-22(21)40-24/h1,6-7,11-12,16,19,27-28H,5,8-10,13-15H2,2-3H3,(H,30,34). The molecule has 2 atom stereocenters. The number of aromatic nitrogens is 2. The quantitative estimate of drug-likeness (QED) is 0.324. The number of fused-ring (bicyclic) bond motifs is 2. The Bertz CT molecular complexity index is 1790. The smallest absolute Gasteiger partial charge is 0.420 e. The molecule has 0 aliphatic carbocycles. The summed E-state index contributed by atoms with van der Waals surface area (Å²) in [7, 11) is -8.44. The number of rotatable bonds is 7. The van der Waals surface area contributed by atoms with E-state index in [1.807, 2.05) is 11.6 Å². The fourth-order valence-corrected chi connectivity index (χ4v) is 8.70. The topological polar surface area (TPSA) is 171 Å². The van der Waals surface area contributed by atoms with Crippen LogP contribution in [0.3, 0.4) is 0 Å². The Labute approximate surface area is 247 Å². The van der Waals surface area contributed by atoms with E-state index in [-0.39, 0.29) is 42.3 Å². The van der Waals surface area contributed by atoms with Gasteiger partial charge in [0.2, 0.25) is 10.0 Å². The summed E-state index contributed by atoms with van der Waals surface area (Å²) in [6.45, 7) is 3.58. The van der Waals surface area contributed by atoms with Gasteiger partial charge in [-0.2, -0.15) is 4.31 Å². The highest BCUT2D eigenvalue weighted by Gasteiger charge is 2.40. The lowest BCUT2D eigenvalue weighted by Gasteiger charge is -2.40. The van der Waals surface area contributed by atoms with Crippen LogP contribution < -0.4 is 10.0 Å². The highest BCUT2D eigenvalue weighted by Crippen LogP contribution is 2.28. The van der Waals surface area contributed by atoms with Crippen molar-refractivity contribution in [3.05, 3.63) is 45.4 Å². The van der Waals surface area contributed by atoms with Crippen molar-refractivity contribution in [1.29, 1.82) is 0 Å². The molecule has 16 heteroatoms. The van der Waals surface area contributed by atoms with Crippen LogP contribution in [-0.2, 0) is 37.7 Å². The molecule has 3 N–H and O–H groups in total. The number of piperazine rings is 1. The number of terminal acetylenes is 1. The van der Waals surface area contributed by atoms with Gasteiger partial charge in [0.15, 0.2) is 5.01 Å². The summed E-state index contributed by atoms with van der Waals surface area (Å²) in [6, 6.07) is 5.59. The van der Waals surface area contributed by atoms with Crippen LogP contribution in [0.5, 0.6) is 0 Å². The van der Waals surface area contributed by atoms with E-state index in [1.165, 1.54) is 29.2 Å². The molecule has 2 aliphatic rings. The van der Waals surface area contributed by atoms with Gasteiger partial charge in [0.1, 0.15) is 5.03 Å². The number of nitrogens with zero attached hydrogens (tertiary/aromatic N) is 3. The van der Waals surface area contributed by atoms with E-state index in [2.05, 4.69) is 21.2 Å². The van der Waals surface area contributed by atoms with Crippen LogP contribution in [0.2, 0.25) is 0 Å². The Hall–Kier alpha value is -3.49. The first kappa shape index (κ1) is 30.0. The zero-order valence-electron chi connectivity index (χ0n) is 22.9. The maximum absolute atomic E-state index is 13.7. The zero-order chi connectivity index (χ0) is 30.2. The highest BCUT2D eigenvalue weighted by atomic mass is 32.2. The molecular weight excluding hydrogens is 605 g/mol. The van der Waals surface area contributed by atoms with Gasteiger partial charge in [-0.05, 0) is 38.1 Å². The van der Waals surface area contributed by atoms with Crippen molar-refractivity contribution in [2.75, 3.05) is 32.0 Å². The third-order valence-electron chi connectivity index (χ3n) is 7.08. The number of nitrogens with one attached hydrogen (secondary N) is 3. The van der Waals surface area contributed by atoms with E-state index in [0.717, 1.165) is 14.9 Å². The number of hydrogen-bond donors (Lipinski definition) is 3. The van der Waals surface area contributed by atoms with E-state index in [9.17, 15) is 26.4 Å². The predicted molar refractivity (Wildman–Crippen MR) is 156 cm³/mol. The molecular formula is C26H30N6O7S3. The second-order valence-electron chi connectivity index (χ2n) is 10.1. The lowest BCUT2D eigenvalue weighted by atomic mass is 10.1. The first-order chi connectivity index (χ1) is 19.9. The minimum absolute atomic E-state index is 0.0447. The molecule has 0 saturated carbocycles. The van der Waals surface area contributed by atoms with Gasteiger partial charge in [0, 0.05) is 60.0 Å². The molecule has 0 radical (unpaired) electrons. The summed E-state index contributed by atoms with van der Waals surface area (Å²) < 4.78 is 60.9. The van der Waals surface area contributed by atoms with Gasteiger partial charge >= 0.3 is 6.09 Å². The van der Waals surface area contributed by atoms with Crippen LogP contribution in [-0.4, -0.2) is 92.1 Å². The van der Waals surface area contributed by atoms with Gasteiger partial charge in [-0.25, -0.2) is 31.3 Å². The van der Waals surface area contributed by atoms with E-state index in [0.29, 0.717) is 29.4 Å². The number of aromatic amines is 1. The molecule has 5 rings (SSSR count). The summed E-state index contributed by atoms with van der Waals surface area (Å²) >= 11 is 1.23. The van der Waals surface area contributed by atoms with Crippen LogP contribution in [0.4, 0.5) is 4.79 Å². The van der Waals surface area contributed by atoms with Crippen molar-refractivity contribution in [1.82, 2.24) is 29.2 Å². The number of ether oxygens (including phenoxy) is 1. The molecule has 4 heterocycles. The summed E-state index contributed by atoms with van der Waals surface area (Å²) in [5.41, 5.74) is 1.97. The molecule has 2 aromatic heterocycles. The van der Waals surface area contributed by atoms with Crippen molar-refractivity contribution in [2.24, 2.45) is 0 Å². The first-order valence-corrected chi connectivity index (χ1v) is 17.1. The summed E-state index contributed by atoms with van der Waals surface area (Å²) in [5.74, 6) is 1.28. The fourth-order valence-electron chi connectivity index (χ4n) is 5.04. The van der Waals surface area contributed by atoms with Gasteiger partial charge in [-0.3, -0.25) is 4.79 Å². The number of H-pyrrole nitrogens is 1. The molecule has 1 aromatic carbocycles. The Morgan fingerprint density at radius 1 is 1.24 bits per heavy atom. The van der Waals surface area contributed by atoms with Crippen molar-refractivity contribution in [2.45, 2.75) is 43.9 Å². The minimum atomic E-state index is -4.32. The van der Waals surface area contributed by atoms with Gasteiger partial charge in [0.05, 0.1) is 24.1 Å². The van der Waals surface area contributed by atoms with E-state index >= 15 is 0 Å². The lowest BCUT2D eigenvalue weighted by molar-refractivity contribution is 0.0594. The Kier molecular flexibility index (Phi) is 8.32. The molecule has 13 nitrogen and oxygen atoms in total. The van der Waals surface area contributed by atoms with E-state index in [4.69, 9.17) is 11.2 Å². The molecule has 0 spiro atoms. The summed E-state index contributed by atoms with van der Waals surface area (Å²) in [4.78, 5) is 35.2. The maximum Gasteiger partial charge on any atom is 0.420 e. The number of hydrogen-bond acceptors (Lipinski definition) is 10. The van der Waals surface area contributed by atoms with Crippen LogP contribution in [0.1, 0.15) is 39.8 Å². The fraction of sp³-hybridized carbons (Fsp3) is 0.423. The minimum Gasteiger partial charge on any atom is -0.449 e. The van der Waals surface area contributed by atoms with Crippen LogP contribution in [0.15, 0.2) is 29.3 Å². The number of benzene rings is 1. The molecule has 2 unspecified atom stereocenters. The van der Waals surface area contributed by atoms with Gasteiger partial charge in [-0.1, -0.05) is 5.92 Å². The molecule has 3 aromatic rings. The normalized spacial score (nSPS) is 19.7. The lowest BCUT2D eigenvalue weighted by Crippen LogP contribution is -2.59. The van der Waals surface area contributed by atoms with Gasteiger partial charge < -0.3 is 19.9 Å². The van der Waals surface area contributed by atoms with Crippen molar-refractivity contribution < 1.29 is 31.2 Å². The second kappa shape index (κ2) is 11.7. The average Bonchev–Trinajstić information content (AvgIpc) is 3.56. The molecule has 2 amide bonds. The molecule has 1 saturated heterocycles. The first-order valence-electron chi connectivity index (χ1n) is 13.2. The van der Waals surface area contributed by atoms with Crippen molar-refractivity contribution >= 4 is 54.3 Å². The predicted octanol–water partition coefficient (Wildman–Crippen LogP) is 1.23. The summed E-state index contributed by atoms with van der Waals surface area (Å²) in [6.07, 6.45) is 4.96. The number of thiazole rings is 1. The number of sulfonamides is 2. The van der Waals surface area contributed by atoms with Gasteiger partial charge in [0.25, 0.3) is 15.9 Å². The molecule has 2 aliphatic heterocycles. The van der Waals surface area contributed by atoms with Crippen LogP contribution in [0, 0.1) is 12.3 Å². The average molecular weight is 635 g/mol. The SMILES string of the molecule is C#Cc1ccc2[nH]c(S(=O)(=O)N3CCN(C(=O)c4nc5c(s4)CNC(C)C5)C(CS(=O)(=O)NC(=O)OCC)C3)cc2c1. The Morgan fingerprint density at radius 2 is 2.02 bits per heavy atom. The van der Waals surface area contributed by atoms with E-state index < -0.39 is 43.8 Å². The highest BCUT2D eigenvalue weighted by molar-refractivity contribution is 7.90. The molecule has 1 fully saturated rings. The Morgan fingerprint density at radius 3 is 2.76 bits per heavy atom. The molecule has 0 bridgehead atoms. The van der Waals surface area contributed by atoms with Crippen molar-refractivity contribution in [3.8, 4) is 12.3 Å². The van der Waals surface area contributed by atoms with Crippen LogP contribution >= 0.6 is 11.3 Å². The zero-order valence-corrected chi connectivity index (χ0v) is 25.4. The van der Waals surface area contributed by atoms with Crippen LogP contribution in [0.25, 0.3) is 10.9 Å². The largest absolute Gasteiger partial charge is 0.449 e. The number of carbonyl (C=O) groups is 2. The second-order valence-corrected chi connectivity index (χ2v) is 14.8. The number of carbonyl (C=O) groups excluding carboxylic acids is 2. The van der Waals surface area contributed by atoms with Gasteiger partial charge in [-0.15, -0.1) is 17.8 Å². The third kappa shape index (κ3) is 6.15. The molecule has 42 heavy (non-hydrogen) atoms. The van der Waals surface area contributed by atoms with Crippen molar-refractivity contribution in [3.63, 3.8) is 0 Å². The third-order valence-corrected chi connectivity index (χ3v) is 11.3. The maximum atomic E-state index is 13.7. The molecule has 224 valence electrons. The Balaban J connectivity index is 1.43. The summed E-state index contributed by atoms with van der Waals surface area (Å²) in [5, 5.41) is 4.04. The number of amides is 2.